The first-order valence-electron chi connectivity index (χ1n) is 10.0. The first kappa shape index (κ1) is 21.3. The Balaban J connectivity index is 1.68. The van der Waals surface area contributed by atoms with E-state index in [9.17, 15) is 9.59 Å². The van der Waals surface area contributed by atoms with Crippen molar-refractivity contribution in [3.8, 4) is 0 Å². The summed E-state index contributed by atoms with van der Waals surface area (Å²) in [6, 6.07) is 5.94. The van der Waals surface area contributed by atoms with Gasteiger partial charge in [-0.3, -0.25) is 9.59 Å². The number of hydrogen-bond donors (Lipinski definition) is 2. The molecule has 158 valence electrons. The zero-order chi connectivity index (χ0) is 21.8. The lowest BCUT2D eigenvalue weighted by Crippen LogP contribution is -2.27. The molecule has 0 saturated heterocycles. The lowest BCUT2D eigenvalue weighted by Gasteiger charge is -2.33. The van der Waals surface area contributed by atoms with Crippen LogP contribution in [0, 0.1) is 18.3 Å². The molecular weight excluding hydrogens is 436 g/mol. The van der Waals surface area contributed by atoms with Crippen LogP contribution >= 0.6 is 34.3 Å². The fraction of sp³-hybridized carbons (Fsp3) is 0.391. The van der Waals surface area contributed by atoms with E-state index in [1.807, 2.05) is 25.1 Å². The van der Waals surface area contributed by atoms with Gasteiger partial charge in [0.25, 0.3) is 11.8 Å². The minimum absolute atomic E-state index is 0.195. The van der Waals surface area contributed by atoms with Crippen molar-refractivity contribution < 1.29 is 9.59 Å². The van der Waals surface area contributed by atoms with Crippen LogP contribution in [0.3, 0.4) is 0 Å². The Bertz CT molecular complexity index is 1170. The Labute approximate surface area is 189 Å². The molecule has 3 N–H and O–H groups in total. The van der Waals surface area contributed by atoms with E-state index >= 15 is 0 Å². The van der Waals surface area contributed by atoms with Gasteiger partial charge in [-0.05, 0) is 54.7 Å². The molecule has 0 bridgehead atoms. The summed E-state index contributed by atoms with van der Waals surface area (Å²) < 4.78 is 0.971. The van der Waals surface area contributed by atoms with E-state index < -0.39 is 5.91 Å². The highest BCUT2D eigenvalue weighted by Crippen LogP contribution is 2.44. The molecule has 4 rings (SSSR count). The molecule has 2 heterocycles. The van der Waals surface area contributed by atoms with Gasteiger partial charge in [-0.2, -0.15) is 0 Å². The molecule has 30 heavy (non-hydrogen) atoms. The number of thiophene rings is 2. The summed E-state index contributed by atoms with van der Waals surface area (Å²) in [7, 11) is 0. The average molecular weight is 461 g/mol. The Hall–Kier alpha value is -1.89. The van der Waals surface area contributed by atoms with Crippen LogP contribution in [0.25, 0.3) is 10.1 Å². The first-order chi connectivity index (χ1) is 14.1. The van der Waals surface area contributed by atoms with Crippen LogP contribution in [0.2, 0.25) is 5.02 Å². The van der Waals surface area contributed by atoms with Gasteiger partial charge in [0.2, 0.25) is 0 Å². The summed E-state index contributed by atoms with van der Waals surface area (Å²) >= 11 is 9.34. The number of anilines is 1. The molecule has 1 aromatic carbocycles. The van der Waals surface area contributed by atoms with E-state index in [-0.39, 0.29) is 11.3 Å². The van der Waals surface area contributed by atoms with E-state index in [0.29, 0.717) is 26.4 Å². The van der Waals surface area contributed by atoms with Gasteiger partial charge in [-0.1, -0.05) is 44.5 Å². The predicted molar refractivity (Wildman–Crippen MR) is 127 cm³/mol. The summed E-state index contributed by atoms with van der Waals surface area (Å²) in [5.74, 6) is -0.254. The van der Waals surface area contributed by atoms with Gasteiger partial charge >= 0.3 is 0 Å². The standard InChI is InChI=1S/C23H25ClN2O2S2/c1-11-5-7-14-15(9-11)29-19(18(14)24)21(28)26-22-17(20(25)27)13-8-6-12(23(2,3)4)10-16(13)30-22/h5,7,9,12H,6,8,10H2,1-4H3,(H2,25,27)(H,26,28). The Kier molecular flexibility index (Phi) is 5.45. The van der Waals surface area contributed by atoms with Crippen molar-refractivity contribution in [1.29, 1.82) is 0 Å². The maximum atomic E-state index is 13.1. The second-order valence-electron chi connectivity index (χ2n) is 9.08. The number of amides is 2. The molecule has 7 heteroatoms. The third kappa shape index (κ3) is 3.77. The van der Waals surface area contributed by atoms with E-state index in [4.69, 9.17) is 17.3 Å². The van der Waals surface area contributed by atoms with Crippen LogP contribution < -0.4 is 11.1 Å². The van der Waals surface area contributed by atoms with Crippen LogP contribution in [0.5, 0.6) is 0 Å². The zero-order valence-electron chi connectivity index (χ0n) is 17.5. The highest BCUT2D eigenvalue weighted by atomic mass is 35.5. The molecule has 0 spiro atoms. The molecule has 0 fully saturated rings. The highest BCUT2D eigenvalue weighted by molar-refractivity contribution is 7.22. The minimum Gasteiger partial charge on any atom is -0.365 e. The fourth-order valence-electron chi connectivity index (χ4n) is 4.15. The normalized spacial score (nSPS) is 16.5. The number of carbonyl (C=O) groups excluding carboxylic acids is 2. The topological polar surface area (TPSA) is 72.2 Å². The van der Waals surface area contributed by atoms with Crippen molar-refractivity contribution in [2.45, 2.75) is 47.0 Å². The number of aryl methyl sites for hydroxylation is 1. The van der Waals surface area contributed by atoms with E-state index in [1.165, 1.54) is 22.7 Å². The quantitative estimate of drug-likeness (QED) is 0.472. The summed E-state index contributed by atoms with van der Waals surface area (Å²) in [4.78, 5) is 26.9. The van der Waals surface area contributed by atoms with Gasteiger partial charge in [-0.25, -0.2) is 0 Å². The predicted octanol–water partition coefficient (Wildman–Crippen LogP) is 6.43. The number of rotatable bonds is 3. The van der Waals surface area contributed by atoms with Crippen LogP contribution in [-0.4, -0.2) is 11.8 Å². The number of nitrogens with one attached hydrogen (secondary N) is 1. The van der Waals surface area contributed by atoms with Crippen molar-refractivity contribution in [3.63, 3.8) is 0 Å². The lowest BCUT2D eigenvalue weighted by atomic mass is 9.72. The molecule has 4 nitrogen and oxygen atoms in total. The summed E-state index contributed by atoms with van der Waals surface area (Å²) in [6.07, 6.45) is 2.73. The number of benzene rings is 1. The van der Waals surface area contributed by atoms with Gasteiger partial charge in [0.05, 0.1) is 10.6 Å². The second-order valence-corrected chi connectivity index (χ2v) is 11.6. The van der Waals surface area contributed by atoms with Gasteiger partial charge < -0.3 is 11.1 Å². The number of nitrogens with two attached hydrogens (primary N) is 1. The van der Waals surface area contributed by atoms with Crippen molar-refractivity contribution >= 4 is 61.2 Å². The second kappa shape index (κ2) is 7.66. The summed E-state index contributed by atoms with van der Waals surface area (Å²) in [5.41, 5.74) is 8.49. The smallest absolute Gasteiger partial charge is 0.267 e. The lowest BCUT2D eigenvalue weighted by molar-refractivity contribution is 0.1000. The molecule has 1 atom stereocenters. The third-order valence-corrected chi connectivity index (χ3v) is 8.78. The van der Waals surface area contributed by atoms with Crippen molar-refractivity contribution in [2.24, 2.45) is 17.1 Å². The summed E-state index contributed by atoms with van der Waals surface area (Å²) in [5, 5.41) is 4.79. The SMILES string of the molecule is Cc1ccc2c(Cl)c(C(=O)Nc3sc4c(c3C(N)=O)CCC(C(C)(C)C)C4)sc2c1. The van der Waals surface area contributed by atoms with Crippen LogP contribution in [0.4, 0.5) is 5.00 Å². The number of halogens is 1. The zero-order valence-corrected chi connectivity index (χ0v) is 19.9. The molecule has 0 radical (unpaired) electrons. The van der Waals surface area contributed by atoms with E-state index in [2.05, 4.69) is 26.1 Å². The Morgan fingerprint density at radius 1 is 1.23 bits per heavy atom. The maximum absolute atomic E-state index is 13.1. The van der Waals surface area contributed by atoms with Gasteiger partial charge in [0, 0.05) is 15.0 Å². The Morgan fingerprint density at radius 3 is 2.63 bits per heavy atom. The monoisotopic (exact) mass is 460 g/mol. The van der Waals surface area contributed by atoms with E-state index in [1.54, 1.807) is 0 Å². The Morgan fingerprint density at radius 2 is 1.97 bits per heavy atom. The van der Waals surface area contributed by atoms with Crippen LogP contribution in [-0.2, 0) is 12.8 Å². The molecule has 0 aliphatic heterocycles. The average Bonchev–Trinajstić information content (AvgIpc) is 3.17. The molecular formula is C23H25ClN2O2S2. The van der Waals surface area contributed by atoms with Crippen molar-refractivity contribution in [1.82, 2.24) is 0 Å². The van der Waals surface area contributed by atoms with Crippen molar-refractivity contribution in [3.05, 3.63) is 49.7 Å². The number of carbonyl (C=O) groups is 2. The third-order valence-electron chi connectivity index (χ3n) is 5.95. The molecule has 2 aromatic heterocycles. The van der Waals surface area contributed by atoms with Gasteiger partial charge in [0.1, 0.15) is 9.88 Å². The van der Waals surface area contributed by atoms with Crippen LogP contribution in [0.15, 0.2) is 18.2 Å². The maximum Gasteiger partial charge on any atom is 0.267 e. The largest absolute Gasteiger partial charge is 0.365 e. The van der Waals surface area contributed by atoms with Gasteiger partial charge in [0.15, 0.2) is 0 Å². The van der Waals surface area contributed by atoms with Gasteiger partial charge in [-0.15, -0.1) is 22.7 Å². The van der Waals surface area contributed by atoms with Crippen LogP contribution in [0.1, 0.15) is 63.2 Å². The fourth-order valence-corrected chi connectivity index (χ4v) is 6.99. The first-order valence-corrected chi connectivity index (χ1v) is 12.0. The molecule has 1 unspecified atom stereocenters. The molecule has 3 aromatic rings. The minimum atomic E-state index is -0.491. The number of primary amides is 1. The molecule has 1 aliphatic carbocycles. The molecule has 1 aliphatic rings. The molecule has 2 amide bonds. The van der Waals surface area contributed by atoms with E-state index in [0.717, 1.165) is 45.4 Å². The molecule has 0 saturated carbocycles. The summed E-state index contributed by atoms with van der Waals surface area (Å²) in [6.45, 7) is 8.75. The number of hydrogen-bond acceptors (Lipinski definition) is 4. The van der Waals surface area contributed by atoms with Crippen molar-refractivity contribution in [2.75, 3.05) is 5.32 Å². The number of fused-ring (bicyclic) bond motifs is 2. The highest BCUT2D eigenvalue weighted by Gasteiger charge is 2.33.